The van der Waals surface area contributed by atoms with Gasteiger partial charge in [0.05, 0.1) is 6.10 Å². The minimum Gasteiger partial charge on any atom is -0.432 e. The van der Waals surface area contributed by atoms with Gasteiger partial charge in [0.15, 0.2) is 25.0 Å². The highest BCUT2D eigenvalue weighted by molar-refractivity contribution is 6.74. The van der Waals surface area contributed by atoms with E-state index in [2.05, 4.69) is 108 Å². The zero-order chi connectivity index (χ0) is 35.3. The lowest BCUT2D eigenvalue weighted by atomic mass is 9.61. The molecule has 0 bridgehead atoms. The van der Waals surface area contributed by atoms with Gasteiger partial charge >= 0.3 is 0 Å². The quantitative estimate of drug-likeness (QED) is 0.194. The van der Waals surface area contributed by atoms with Crippen LogP contribution >= 0.6 is 0 Å². The van der Waals surface area contributed by atoms with E-state index >= 15 is 0 Å². The van der Waals surface area contributed by atoms with Gasteiger partial charge in [-0.1, -0.05) is 92.5 Å². The van der Waals surface area contributed by atoms with E-state index in [1.165, 1.54) is 69.5 Å². The molecule has 1 N–H and O–H groups in total. The van der Waals surface area contributed by atoms with Gasteiger partial charge in [0, 0.05) is 6.61 Å². The molecule has 0 saturated heterocycles. The highest BCUT2D eigenvalue weighted by Gasteiger charge is 2.60. The normalized spacial score (nSPS) is 32.7. The predicted molar refractivity (Wildman–Crippen MR) is 211 cm³/mol. The van der Waals surface area contributed by atoms with E-state index in [0.29, 0.717) is 28.8 Å². The van der Waals surface area contributed by atoms with Gasteiger partial charge in [0.1, 0.15) is 0 Å². The summed E-state index contributed by atoms with van der Waals surface area (Å²) in [6, 6.07) is 3.75. The smallest absolute Gasteiger partial charge is 0.192 e. The van der Waals surface area contributed by atoms with Crippen LogP contribution in [0.15, 0.2) is 23.3 Å². The second-order valence-corrected chi connectivity index (χ2v) is 34.1. The average molecular weight is 703 g/mol. The Morgan fingerprint density at radius 1 is 0.915 bits per heavy atom. The molecule has 1 spiro atoms. The van der Waals surface area contributed by atoms with Gasteiger partial charge in [-0.2, -0.15) is 0 Å². The summed E-state index contributed by atoms with van der Waals surface area (Å²) >= 11 is 0. The second-order valence-electron chi connectivity index (χ2n) is 20.0. The standard InChI is InChI=1S/C41H78O3Si3/c1-15-47(16-2,17-3)43-30-31(4)35-22-23-36-33(19-18-24-40(35,36)10)21-20-32-27-34(29-39(8,9)45(11,12)42)41(25-26-41)37(28-32)44-46(13,14)38(5,6)7/h20-21,31,34-37,42H,15-19,22-30H2,1-14H3/b32-20+,33-21+/t31-,34-,35+,36-,37+,40+/m0/s1. The second kappa shape index (κ2) is 14.2. The summed E-state index contributed by atoms with van der Waals surface area (Å²) in [6.07, 6.45) is 18.2. The van der Waals surface area contributed by atoms with E-state index in [9.17, 15) is 4.80 Å². The van der Waals surface area contributed by atoms with Crippen LogP contribution in [0.25, 0.3) is 0 Å². The highest BCUT2D eigenvalue weighted by Crippen LogP contribution is 2.66. The number of hydrogen-bond donors (Lipinski definition) is 1. The van der Waals surface area contributed by atoms with Crippen molar-refractivity contribution < 1.29 is 13.6 Å². The number of rotatable bonds is 13. The zero-order valence-electron chi connectivity index (χ0n) is 33.7. The van der Waals surface area contributed by atoms with Crippen molar-refractivity contribution in [3.05, 3.63) is 23.3 Å². The predicted octanol–water partition coefficient (Wildman–Crippen LogP) is 12.7. The molecule has 4 aliphatic rings. The Bertz CT molecular complexity index is 1080. The van der Waals surface area contributed by atoms with E-state index in [-0.39, 0.29) is 10.1 Å². The fourth-order valence-corrected chi connectivity index (χ4v) is 14.9. The van der Waals surface area contributed by atoms with Crippen molar-refractivity contribution in [1.82, 2.24) is 0 Å². The third kappa shape index (κ3) is 8.08. The van der Waals surface area contributed by atoms with Crippen molar-refractivity contribution in [2.75, 3.05) is 6.61 Å². The lowest BCUT2D eigenvalue weighted by Crippen LogP contribution is -2.50. The molecule has 4 saturated carbocycles. The van der Waals surface area contributed by atoms with Crippen LogP contribution < -0.4 is 0 Å². The first-order valence-corrected chi connectivity index (χ1v) is 28.4. The molecule has 6 heteroatoms. The number of allylic oxidation sites excluding steroid dienone is 3. The lowest BCUT2D eigenvalue weighted by molar-refractivity contribution is 0.0358. The largest absolute Gasteiger partial charge is 0.432 e. The molecule has 0 heterocycles. The van der Waals surface area contributed by atoms with Crippen LogP contribution in [0.1, 0.15) is 133 Å². The topological polar surface area (TPSA) is 38.7 Å². The Hall–Kier alpha value is 0.0106. The van der Waals surface area contributed by atoms with Crippen LogP contribution in [0.4, 0.5) is 0 Å². The third-order valence-electron chi connectivity index (χ3n) is 15.7. The molecule has 0 unspecified atom stereocenters. The van der Waals surface area contributed by atoms with Crippen LogP contribution in [-0.2, 0) is 8.85 Å². The first-order chi connectivity index (χ1) is 21.6. The Labute approximate surface area is 295 Å². The molecule has 0 aromatic rings. The summed E-state index contributed by atoms with van der Waals surface area (Å²) in [5, 5.41) is 0.204. The molecule has 0 amide bonds. The zero-order valence-corrected chi connectivity index (χ0v) is 36.7. The Kier molecular flexibility index (Phi) is 12.0. The lowest BCUT2D eigenvalue weighted by Gasteiger charge is -2.49. The Morgan fingerprint density at radius 3 is 2.06 bits per heavy atom. The van der Waals surface area contributed by atoms with Crippen LogP contribution in [0.3, 0.4) is 0 Å². The highest BCUT2D eigenvalue weighted by atomic mass is 28.4. The molecule has 6 atom stereocenters. The SMILES string of the molecule is CC[Si](CC)(CC)OC[C@H](C)[C@H]1CC[C@H]2/C(=C/C=C3\C[C@@H](CC(C)(C)[Si](C)(C)O)C4(CC4)[C@H](O[Si](C)(C)C(C)(C)C)C3)CCC[C@]12C. The van der Waals surface area contributed by atoms with Gasteiger partial charge in [-0.15, -0.1) is 0 Å². The van der Waals surface area contributed by atoms with Crippen LogP contribution in [-0.4, -0.2) is 42.5 Å². The molecule has 3 nitrogen and oxygen atoms in total. The minimum absolute atomic E-state index is 0.00627. The molecular formula is C41H78O3Si3. The molecule has 0 aromatic carbocycles. The third-order valence-corrected chi connectivity index (χ3v) is 28.4. The van der Waals surface area contributed by atoms with Gasteiger partial charge in [-0.25, -0.2) is 0 Å². The summed E-state index contributed by atoms with van der Waals surface area (Å²) in [6.45, 7) is 34.3. The van der Waals surface area contributed by atoms with Crippen molar-refractivity contribution in [1.29, 1.82) is 0 Å². The van der Waals surface area contributed by atoms with Gasteiger partial charge < -0.3 is 13.6 Å². The molecule has 0 aromatic heterocycles. The maximum atomic E-state index is 11.3. The Balaban J connectivity index is 1.58. The summed E-state index contributed by atoms with van der Waals surface area (Å²) in [7, 11) is -5.77. The van der Waals surface area contributed by atoms with Crippen molar-refractivity contribution >= 4 is 25.0 Å². The van der Waals surface area contributed by atoms with E-state index in [1.54, 1.807) is 11.1 Å². The van der Waals surface area contributed by atoms with E-state index < -0.39 is 25.0 Å². The minimum atomic E-state index is -2.30. The monoisotopic (exact) mass is 703 g/mol. The van der Waals surface area contributed by atoms with Crippen molar-refractivity contribution in [3.8, 4) is 0 Å². The molecule has 47 heavy (non-hydrogen) atoms. The average Bonchev–Trinajstić information content (AvgIpc) is 3.69. The molecule has 0 aliphatic heterocycles. The first kappa shape index (κ1) is 39.8. The van der Waals surface area contributed by atoms with Crippen molar-refractivity contribution in [3.63, 3.8) is 0 Å². The molecule has 0 radical (unpaired) electrons. The van der Waals surface area contributed by atoms with E-state index in [1.807, 2.05) is 0 Å². The summed E-state index contributed by atoms with van der Waals surface area (Å²) in [5.41, 5.74) is 4.06. The first-order valence-electron chi connectivity index (χ1n) is 20.0. The van der Waals surface area contributed by atoms with E-state index in [0.717, 1.165) is 31.3 Å². The van der Waals surface area contributed by atoms with Gasteiger partial charge in [-0.3, -0.25) is 0 Å². The summed E-state index contributed by atoms with van der Waals surface area (Å²) in [4.78, 5) is 11.3. The van der Waals surface area contributed by atoms with E-state index in [4.69, 9.17) is 8.85 Å². The van der Waals surface area contributed by atoms with Crippen LogP contribution in [0, 0.1) is 34.5 Å². The maximum absolute atomic E-state index is 11.3. The fraction of sp³-hybridized carbons (Fsp3) is 0.902. The summed E-state index contributed by atoms with van der Waals surface area (Å²) < 4.78 is 14.3. The maximum Gasteiger partial charge on any atom is 0.192 e. The van der Waals surface area contributed by atoms with Crippen LogP contribution in [0.2, 0.25) is 54.4 Å². The molecule has 272 valence electrons. The van der Waals surface area contributed by atoms with Crippen molar-refractivity contribution in [2.24, 2.45) is 34.5 Å². The van der Waals surface area contributed by atoms with Crippen LogP contribution in [0.5, 0.6) is 0 Å². The van der Waals surface area contributed by atoms with Gasteiger partial charge in [0.25, 0.3) is 0 Å². The summed E-state index contributed by atoms with van der Waals surface area (Å²) in [5.74, 6) is 2.73. The molecule has 4 aliphatic carbocycles. The van der Waals surface area contributed by atoms with Crippen molar-refractivity contribution in [2.45, 2.75) is 194 Å². The Morgan fingerprint density at radius 2 is 1.53 bits per heavy atom. The van der Waals surface area contributed by atoms with Gasteiger partial charge in [0.2, 0.25) is 0 Å². The number of fused-ring (bicyclic) bond motifs is 1. The van der Waals surface area contributed by atoms with Gasteiger partial charge in [-0.05, 0) is 153 Å². The number of hydrogen-bond acceptors (Lipinski definition) is 3. The fourth-order valence-electron chi connectivity index (χ4n) is 10.1. The molecular weight excluding hydrogens is 625 g/mol. The molecule has 4 fully saturated rings. The molecule has 4 rings (SSSR count).